The Balaban J connectivity index is 0.931. The predicted molar refractivity (Wildman–Crippen MR) is 260 cm³/mol. The molecule has 0 aliphatic carbocycles. The van der Waals surface area contributed by atoms with Gasteiger partial charge in [0.2, 0.25) is 11.9 Å². The van der Waals surface area contributed by atoms with Gasteiger partial charge in [0.05, 0.1) is 43.3 Å². The molecular formula is C51H60ClFN8O6. The Hall–Kier alpha value is -6.42. The first-order valence-electron chi connectivity index (χ1n) is 22.7. The number of anilines is 2. The average molecular weight is 936 g/mol. The maximum atomic E-state index is 15.3. The second-order valence-electron chi connectivity index (χ2n) is 16.9. The molecule has 3 unspecified atom stereocenters. The molecule has 5 aromatic rings. The van der Waals surface area contributed by atoms with E-state index in [9.17, 15) is 19.5 Å². The van der Waals surface area contributed by atoms with E-state index in [2.05, 4.69) is 26.3 Å². The minimum absolute atomic E-state index is 0.143. The molecule has 0 saturated carbocycles. The normalized spacial score (nSPS) is 13.2. The number of nitrogens with one attached hydrogen (secondary N) is 4. The molecule has 0 bridgehead atoms. The Bertz CT molecular complexity index is 2530. The summed E-state index contributed by atoms with van der Waals surface area (Å²) in [5.41, 5.74) is 11.3. The molecule has 3 amide bonds. The van der Waals surface area contributed by atoms with Gasteiger partial charge in [0.1, 0.15) is 29.5 Å². The van der Waals surface area contributed by atoms with Crippen LogP contribution >= 0.6 is 11.6 Å². The first-order valence-corrected chi connectivity index (χ1v) is 23.1. The second-order valence-corrected chi connectivity index (χ2v) is 17.4. The van der Waals surface area contributed by atoms with Gasteiger partial charge in [0, 0.05) is 58.8 Å². The maximum absolute atomic E-state index is 15.3. The van der Waals surface area contributed by atoms with Crippen LogP contribution in [0.2, 0.25) is 5.02 Å². The van der Waals surface area contributed by atoms with Gasteiger partial charge in [0.25, 0.3) is 11.8 Å². The summed E-state index contributed by atoms with van der Waals surface area (Å²) in [5, 5.41) is 22.9. The van der Waals surface area contributed by atoms with Crippen molar-refractivity contribution in [3.8, 4) is 22.8 Å². The highest BCUT2D eigenvalue weighted by molar-refractivity contribution is 6.31. The molecule has 0 radical (unpaired) electrons. The molecule has 14 nitrogen and oxygen atoms in total. The quantitative estimate of drug-likeness (QED) is 0.0353. The Kier molecular flexibility index (Phi) is 18.2. The van der Waals surface area contributed by atoms with Crippen molar-refractivity contribution in [2.24, 2.45) is 16.6 Å². The summed E-state index contributed by atoms with van der Waals surface area (Å²) in [7, 11) is 2.99. The van der Waals surface area contributed by atoms with Crippen LogP contribution in [-0.2, 0) is 22.6 Å². The van der Waals surface area contributed by atoms with Crippen LogP contribution in [0.1, 0.15) is 91.4 Å². The van der Waals surface area contributed by atoms with Gasteiger partial charge in [-0.25, -0.2) is 14.4 Å². The largest absolute Gasteiger partial charge is 0.496 e. The standard InChI is InChI=1S/C51H60ClFN8O6/c1-31(2)25-41(60-50(65)47(62)40(54)26-32-15-10-9-11-16-32)49(64)56-24-13-8-6-5-7-12-23-55-48(63)37-22-20-35(28-43(37)67-4)59-51-58-30-33-29-57-46(44-39(53)17-14-18-42(44)66-3)38-27-34(52)19-21-36(38)45(33)61-51/h9-11,14-22,27-28,30-31,40-41,47,62H,5-8,12-13,23-26,29,54H2,1-4H3,(H,55,63)(H,56,64)(H,60,65)(H,58,59,61). The SMILES string of the molecule is COc1cc(Nc2ncc3c(n2)-c2ccc(Cl)cc2C(c2c(F)cccc2OC)=NC3)ccc1C(=O)NCCCCCCCCNC(=O)C(CC(C)C)NC(=O)C(O)C(N)Cc1ccccc1. The zero-order valence-electron chi connectivity index (χ0n) is 38.4. The molecule has 0 spiro atoms. The molecular weight excluding hydrogens is 875 g/mol. The fourth-order valence-electron chi connectivity index (χ4n) is 7.93. The number of carbonyl (C=O) groups excluding carboxylic acids is 3. The summed E-state index contributed by atoms with van der Waals surface area (Å²) < 4.78 is 26.4. The van der Waals surface area contributed by atoms with Crippen LogP contribution in [0.4, 0.5) is 16.0 Å². The van der Waals surface area contributed by atoms with Gasteiger partial charge in [-0.3, -0.25) is 19.4 Å². The molecule has 4 aromatic carbocycles. The third-order valence-electron chi connectivity index (χ3n) is 11.4. The number of nitrogens with zero attached hydrogens (tertiary/aromatic N) is 3. The lowest BCUT2D eigenvalue weighted by Gasteiger charge is -2.24. The molecule has 6 rings (SSSR count). The zero-order valence-corrected chi connectivity index (χ0v) is 39.2. The molecule has 0 fully saturated rings. The van der Waals surface area contributed by atoms with E-state index in [0.29, 0.717) is 82.2 Å². The van der Waals surface area contributed by atoms with E-state index in [1.165, 1.54) is 20.3 Å². The molecule has 1 aromatic heterocycles. The Morgan fingerprint density at radius 1 is 0.836 bits per heavy atom. The monoisotopic (exact) mass is 934 g/mol. The lowest BCUT2D eigenvalue weighted by Crippen LogP contribution is -2.54. The van der Waals surface area contributed by atoms with Gasteiger partial charge in [-0.05, 0) is 73.6 Å². The fourth-order valence-corrected chi connectivity index (χ4v) is 8.10. The summed E-state index contributed by atoms with van der Waals surface area (Å²) in [5.74, 6) is -0.508. The van der Waals surface area contributed by atoms with E-state index in [1.807, 2.05) is 50.2 Å². The number of hydrogen-bond acceptors (Lipinski definition) is 11. The minimum Gasteiger partial charge on any atom is -0.496 e. The number of aliphatic hydroxyl groups is 1. The van der Waals surface area contributed by atoms with Crippen molar-refractivity contribution < 1.29 is 33.4 Å². The van der Waals surface area contributed by atoms with Crippen LogP contribution in [0.5, 0.6) is 11.5 Å². The van der Waals surface area contributed by atoms with Crippen LogP contribution < -0.4 is 36.5 Å². The molecule has 16 heteroatoms. The molecule has 354 valence electrons. The number of benzene rings is 4. The van der Waals surface area contributed by atoms with Gasteiger partial charge in [-0.15, -0.1) is 0 Å². The average Bonchev–Trinajstić information content (AvgIpc) is 3.47. The molecule has 0 saturated heterocycles. The van der Waals surface area contributed by atoms with Crippen LogP contribution in [0.25, 0.3) is 11.3 Å². The second kappa shape index (κ2) is 24.4. The van der Waals surface area contributed by atoms with E-state index in [4.69, 9.17) is 36.8 Å². The minimum atomic E-state index is -1.45. The number of aliphatic imine (C=N–C) groups is 1. The van der Waals surface area contributed by atoms with Crippen molar-refractivity contribution in [2.75, 3.05) is 32.6 Å². The molecule has 67 heavy (non-hydrogen) atoms. The number of halogens is 2. The lowest BCUT2D eigenvalue weighted by atomic mass is 9.94. The molecule has 1 aliphatic heterocycles. The number of aromatic nitrogens is 2. The van der Waals surface area contributed by atoms with Crippen molar-refractivity contribution >= 4 is 46.7 Å². The van der Waals surface area contributed by atoms with Crippen molar-refractivity contribution in [3.63, 3.8) is 0 Å². The van der Waals surface area contributed by atoms with E-state index < -0.39 is 29.9 Å². The summed E-state index contributed by atoms with van der Waals surface area (Å²) in [6.45, 7) is 5.10. The molecule has 3 atom stereocenters. The van der Waals surface area contributed by atoms with E-state index in [1.54, 1.807) is 48.7 Å². The summed E-state index contributed by atoms with van der Waals surface area (Å²) in [4.78, 5) is 53.3. The number of fused-ring (bicyclic) bond motifs is 3. The van der Waals surface area contributed by atoms with Gasteiger partial charge in [-0.1, -0.05) is 93.6 Å². The highest BCUT2D eigenvalue weighted by Gasteiger charge is 2.29. The molecule has 2 heterocycles. The van der Waals surface area contributed by atoms with Crippen LogP contribution in [0, 0.1) is 11.7 Å². The molecule has 1 aliphatic rings. The lowest BCUT2D eigenvalue weighted by molar-refractivity contribution is -0.135. The number of nitrogens with two attached hydrogens (primary N) is 1. The van der Waals surface area contributed by atoms with Gasteiger partial charge in [-0.2, -0.15) is 0 Å². The van der Waals surface area contributed by atoms with Crippen molar-refractivity contribution in [1.29, 1.82) is 0 Å². The number of carbonyl (C=O) groups is 3. The van der Waals surface area contributed by atoms with Crippen molar-refractivity contribution in [3.05, 3.63) is 130 Å². The fraction of sp³-hybridized carbons (Fsp3) is 0.373. The Morgan fingerprint density at radius 3 is 2.27 bits per heavy atom. The van der Waals surface area contributed by atoms with E-state index >= 15 is 4.39 Å². The Labute approximate surface area is 396 Å². The maximum Gasteiger partial charge on any atom is 0.255 e. The number of ether oxygens (including phenoxy) is 2. The number of amides is 3. The third-order valence-corrected chi connectivity index (χ3v) is 11.7. The van der Waals surface area contributed by atoms with Gasteiger partial charge in [0.15, 0.2) is 0 Å². The number of hydrogen-bond donors (Lipinski definition) is 6. The van der Waals surface area contributed by atoms with Crippen LogP contribution in [0.3, 0.4) is 0 Å². The smallest absolute Gasteiger partial charge is 0.255 e. The van der Waals surface area contributed by atoms with Gasteiger partial charge >= 0.3 is 0 Å². The van der Waals surface area contributed by atoms with E-state index in [0.717, 1.165) is 49.7 Å². The van der Waals surface area contributed by atoms with Crippen LogP contribution in [-0.4, -0.2) is 84.0 Å². The van der Waals surface area contributed by atoms with Gasteiger partial charge < -0.3 is 41.6 Å². The van der Waals surface area contributed by atoms with Crippen molar-refractivity contribution in [2.45, 2.75) is 89.9 Å². The highest BCUT2D eigenvalue weighted by Crippen LogP contribution is 2.36. The summed E-state index contributed by atoms with van der Waals surface area (Å²) in [6.07, 6.45) is 6.36. The summed E-state index contributed by atoms with van der Waals surface area (Å²) >= 11 is 6.46. The third kappa shape index (κ3) is 13.6. The highest BCUT2D eigenvalue weighted by atomic mass is 35.5. The van der Waals surface area contributed by atoms with Crippen LogP contribution in [0.15, 0.2) is 96.1 Å². The number of rotatable bonds is 23. The number of methoxy groups -OCH3 is 2. The molecule has 7 N–H and O–H groups in total. The van der Waals surface area contributed by atoms with E-state index in [-0.39, 0.29) is 29.8 Å². The van der Waals surface area contributed by atoms with Crippen molar-refractivity contribution in [1.82, 2.24) is 25.9 Å². The zero-order chi connectivity index (χ0) is 47.9. The topological polar surface area (TPSA) is 202 Å². The first kappa shape index (κ1) is 50.0. The number of unbranched alkanes of at least 4 members (excludes halogenated alkanes) is 5. The number of aliphatic hydroxyl groups excluding tert-OH is 1. The first-order chi connectivity index (χ1) is 32.4. The predicted octanol–water partition coefficient (Wildman–Crippen LogP) is 7.70. The Morgan fingerprint density at radius 2 is 1.55 bits per heavy atom. The summed E-state index contributed by atoms with van der Waals surface area (Å²) in [6, 6.07) is 22.9.